The van der Waals surface area contributed by atoms with Crippen molar-refractivity contribution in [1.82, 2.24) is 16.0 Å². The number of amides is 3. The van der Waals surface area contributed by atoms with Crippen LogP contribution in [0.2, 0.25) is 0 Å². The van der Waals surface area contributed by atoms with Gasteiger partial charge in [0.2, 0.25) is 11.8 Å². The molecule has 2 rings (SSSR count). The molecule has 0 heterocycles. The minimum atomic E-state index is -0.306. The first-order valence-corrected chi connectivity index (χ1v) is 7.46. The second-order valence-electron chi connectivity index (χ2n) is 5.56. The Morgan fingerprint density at radius 3 is 2.45 bits per heavy atom. The van der Waals surface area contributed by atoms with Crippen LogP contribution in [0.1, 0.15) is 36.5 Å². The normalized spacial score (nSPS) is 14.8. The highest BCUT2D eigenvalue weighted by molar-refractivity contribution is 5.94. The molecule has 3 N–H and O–H groups in total. The summed E-state index contributed by atoms with van der Waals surface area (Å²) in [6.07, 6.45) is 2.17. The molecule has 1 fully saturated rings. The summed E-state index contributed by atoms with van der Waals surface area (Å²) >= 11 is 0. The van der Waals surface area contributed by atoms with Crippen LogP contribution in [0.15, 0.2) is 30.3 Å². The Balaban J connectivity index is 1.67. The second-order valence-corrected chi connectivity index (χ2v) is 5.56. The largest absolute Gasteiger partial charge is 0.352 e. The molecule has 0 aromatic heterocycles. The number of carbonyl (C=O) groups is 3. The Hall–Kier alpha value is -2.37. The monoisotopic (exact) mass is 303 g/mol. The molecule has 6 nitrogen and oxygen atoms in total. The van der Waals surface area contributed by atoms with Gasteiger partial charge < -0.3 is 16.0 Å². The SMILES string of the molecule is CC(CC(=O)NCC(=O)NC1CC1)NC(=O)c1ccccc1. The lowest BCUT2D eigenvalue weighted by atomic mass is 10.1. The fourth-order valence-corrected chi connectivity index (χ4v) is 1.98. The van der Waals surface area contributed by atoms with Gasteiger partial charge in [-0.15, -0.1) is 0 Å². The summed E-state index contributed by atoms with van der Waals surface area (Å²) in [7, 11) is 0. The maximum absolute atomic E-state index is 11.9. The van der Waals surface area contributed by atoms with Crippen LogP contribution in [0, 0.1) is 0 Å². The Morgan fingerprint density at radius 2 is 1.82 bits per heavy atom. The van der Waals surface area contributed by atoms with Crippen LogP contribution in [0.4, 0.5) is 0 Å². The third kappa shape index (κ3) is 5.55. The first-order chi connectivity index (χ1) is 10.5. The molecule has 0 spiro atoms. The van der Waals surface area contributed by atoms with Gasteiger partial charge >= 0.3 is 0 Å². The van der Waals surface area contributed by atoms with E-state index in [0.29, 0.717) is 5.56 Å². The van der Waals surface area contributed by atoms with Crippen LogP contribution >= 0.6 is 0 Å². The van der Waals surface area contributed by atoms with E-state index in [2.05, 4.69) is 16.0 Å². The van der Waals surface area contributed by atoms with Crippen LogP contribution in [-0.2, 0) is 9.59 Å². The lowest BCUT2D eigenvalue weighted by Crippen LogP contribution is -2.41. The quantitative estimate of drug-likeness (QED) is 0.689. The summed E-state index contributed by atoms with van der Waals surface area (Å²) in [4.78, 5) is 35.1. The van der Waals surface area contributed by atoms with Crippen molar-refractivity contribution < 1.29 is 14.4 Å². The fraction of sp³-hybridized carbons (Fsp3) is 0.438. The molecular formula is C16H21N3O3. The topological polar surface area (TPSA) is 87.3 Å². The van der Waals surface area contributed by atoms with E-state index in [1.54, 1.807) is 31.2 Å². The van der Waals surface area contributed by atoms with Crippen molar-refractivity contribution in [2.45, 2.75) is 38.3 Å². The zero-order chi connectivity index (χ0) is 15.9. The van der Waals surface area contributed by atoms with Gasteiger partial charge in [0, 0.05) is 24.1 Å². The highest BCUT2D eigenvalue weighted by Gasteiger charge is 2.23. The number of rotatable bonds is 7. The molecule has 1 saturated carbocycles. The van der Waals surface area contributed by atoms with E-state index in [9.17, 15) is 14.4 Å². The number of nitrogens with one attached hydrogen (secondary N) is 3. The van der Waals surface area contributed by atoms with Crippen LogP contribution in [0.5, 0.6) is 0 Å². The predicted molar refractivity (Wildman–Crippen MR) is 82.2 cm³/mol. The third-order valence-electron chi connectivity index (χ3n) is 3.29. The number of carbonyl (C=O) groups excluding carboxylic acids is 3. The zero-order valence-electron chi connectivity index (χ0n) is 12.6. The van der Waals surface area contributed by atoms with E-state index < -0.39 is 0 Å². The fourth-order valence-electron chi connectivity index (χ4n) is 1.98. The standard InChI is InChI=1S/C16H21N3O3/c1-11(18-16(22)12-5-3-2-4-6-12)9-14(20)17-10-15(21)19-13-7-8-13/h2-6,11,13H,7-10H2,1H3,(H,17,20)(H,18,22)(H,19,21). The molecule has 1 atom stereocenters. The van der Waals surface area contributed by atoms with Gasteiger partial charge in [0.05, 0.1) is 6.54 Å². The highest BCUT2D eigenvalue weighted by atomic mass is 16.2. The maximum atomic E-state index is 11.9. The number of hydrogen-bond donors (Lipinski definition) is 3. The van der Waals surface area contributed by atoms with Crippen LogP contribution in [0.25, 0.3) is 0 Å². The first kappa shape index (κ1) is 16.0. The van der Waals surface area contributed by atoms with E-state index in [0.717, 1.165) is 12.8 Å². The molecule has 118 valence electrons. The Labute approximate surface area is 129 Å². The van der Waals surface area contributed by atoms with Gasteiger partial charge in [0.1, 0.15) is 0 Å². The Bertz CT molecular complexity index is 541. The van der Waals surface area contributed by atoms with Crippen molar-refractivity contribution in [3.63, 3.8) is 0 Å². The average Bonchev–Trinajstić information content (AvgIpc) is 3.30. The molecular weight excluding hydrogens is 282 g/mol. The molecule has 1 aromatic carbocycles. The van der Waals surface area contributed by atoms with Gasteiger partial charge in [-0.2, -0.15) is 0 Å². The Morgan fingerprint density at radius 1 is 1.14 bits per heavy atom. The van der Waals surface area contributed by atoms with Crippen molar-refractivity contribution in [3.05, 3.63) is 35.9 Å². The van der Waals surface area contributed by atoms with E-state index in [1.165, 1.54) is 0 Å². The highest BCUT2D eigenvalue weighted by Crippen LogP contribution is 2.18. The Kier molecular flexibility index (Phi) is 5.52. The van der Waals surface area contributed by atoms with Gasteiger partial charge in [-0.05, 0) is 31.9 Å². The number of benzene rings is 1. The molecule has 1 aliphatic rings. The van der Waals surface area contributed by atoms with Gasteiger partial charge in [0.25, 0.3) is 5.91 Å². The first-order valence-electron chi connectivity index (χ1n) is 7.46. The van der Waals surface area contributed by atoms with E-state index in [-0.39, 0.29) is 42.8 Å². The smallest absolute Gasteiger partial charge is 0.251 e. The summed E-state index contributed by atoms with van der Waals surface area (Å²) in [5.74, 6) is -0.643. The third-order valence-corrected chi connectivity index (χ3v) is 3.29. The number of hydrogen-bond acceptors (Lipinski definition) is 3. The second kappa shape index (κ2) is 7.59. The molecule has 0 aliphatic heterocycles. The van der Waals surface area contributed by atoms with Gasteiger partial charge in [-0.3, -0.25) is 14.4 Å². The molecule has 1 aromatic rings. The maximum Gasteiger partial charge on any atom is 0.251 e. The molecule has 6 heteroatoms. The van der Waals surface area contributed by atoms with Gasteiger partial charge in [0.15, 0.2) is 0 Å². The van der Waals surface area contributed by atoms with Crippen molar-refractivity contribution in [2.24, 2.45) is 0 Å². The predicted octanol–water partition coefficient (Wildman–Crippen LogP) is 0.590. The molecule has 0 bridgehead atoms. The minimum Gasteiger partial charge on any atom is -0.352 e. The molecule has 1 aliphatic carbocycles. The van der Waals surface area contributed by atoms with E-state index in [4.69, 9.17) is 0 Å². The molecule has 1 unspecified atom stereocenters. The van der Waals surface area contributed by atoms with Crippen molar-refractivity contribution in [1.29, 1.82) is 0 Å². The molecule has 22 heavy (non-hydrogen) atoms. The summed E-state index contributed by atoms with van der Waals surface area (Å²) < 4.78 is 0. The van der Waals surface area contributed by atoms with Crippen LogP contribution in [0.3, 0.4) is 0 Å². The molecule has 3 amide bonds. The summed E-state index contributed by atoms with van der Waals surface area (Å²) in [6.45, 7) is 1.74. The lowest BCUT2D eigenvalue weighted by molar-refractivity contribution is -0.126. The molecule has 0 saturated heterocycles. The minimum absolute atomic E-state index is 0.0192. The zero-order valence-corrected chi connectivity index (χ0v) is 12.6. The van der Waals surface area contributed by atoms with Crippen molar-refractivity contribution >= 4 is 17.7 Å². The van der Waals surface area contributed by atoms with Gasteiger partial charge in [-0.25, -0.2) is 0 Å². The van der Waals surface area contributed by atoms with E-state index >= 15 is 0 Å². The van der Waals surface area contributed by atoms with E-state index in [1.807, 2.05) is 6.07 Å². The summed E-state index contributed by atoms with van der Waals surface area (Å²) in [5, 5.41) is 8.11. The lowest BCUT2D eigenvalue weighted by Gasteiger charge is -2.14. The summed E-state index contributed by atoms with van der Waals surface area (Å²) in [6, 6.07) is 8.80. The molecule has 0 radical (unpaired) electrons. The summed E-state index contributed by atoms with van der Waals surface area (Å²) in [5.41, 5.74) is 0.554. The van der Waals surface area contributed by atoms with Crippen molar-refractivity contribution in [3.8, 4) is 0 Å². The van der Waals surface area contributed by atoms with Gasteiger partial charge in [-0.1, -0.05) is 18.2 Å². The van der Waals surface area contributed by atoms with Crippen LogP contribution in [-0.4, -0.2) is 36.3 Å². The van der Waals surface area contributed by atoms with Crippen molar-refractivity contribution in [2.75, 3.05) is 6.54 Å². The average molecular weight is 303 g/mol. The van der Waals surface area contributed by atoms with Crippen LogP contribution < -0.4 is 16.0 Å².